The Balaban J connectivity index is 1.24. The fourth-order valence-electron chi connectivity index (χ4n) is 4.30. The summed E-state index contributed by atoms with van der Waals surface area (Å²) in [5.74, 6) is -0.650. The molecule has 0 atom stereocenters. The van der Waals surface area contributed by atoms with Crippen LogP contribution in [0.2, 0.25) is 26.2 Å². The van der Waals surface area contributed by atoms with Crippen molar-refractivity contribution >= 4 is 52.4 Å². The molecular weight excluding hydrogens is 605 g/mol. The maximum absolute atomic E-state index is 12.7. The Morgan fingerprint density at radius 3 is 1.31 bits per heavy atom. The fourth-order valence-corrected chi connectivity index (χ4v) is 11.7. The zero-order chi connectivity index (χ0) is 32.5. The second kappa shape index (κ2) is 14.8. The van der Waals surface area contributed by atoms with E-state index in [0.29, 0.717) is 33.6 Å². The Hall–Kier alpha value is -4.85. The summed E-state index contributed by atoms with van der Waals surface area (Å²) in [5, 5.41) is 19.7. The summed E-state index contributed by atoms with van der Waals surface area (Å²) in [4.78, 5) is 34.1. The molecule has 4 rings (SSSR count). The van der Waals surface area contributed by atoms with Gasteiger partial charge in [-0.05, 0) is 99.0 Å². The van der Waals surface area contributed by atoms with E-state index in [1.165, 1.54) is 0 Å². The number of aromatic hydroxyl groups is 2. The minimum atomic E-state index is -2.45. The van der Waals surface area contributed by atoms with E-state index in [1.807, 2.05) is 38.3 Å². The average Bonchev–Trinajstić information content (AvgIpc) is 3.02. The Bertz CT molecular complexity index is 1560. The molecule has 45 heavy (non-hydrogen) atoms. The SMILES string of the molecule is C[Si](C)(COC(=O)c1ccc(N=Cc2ccccc2O)cc1)O[Si](C)(C)COC(=O)c1ccc(N=Cc2ccccc2O)cc1. The van der Waals surface area contributed by atoms with Crippen molar-refractivity contribution in [2.24, 2.45) is 9.98 Å². The first-order valence-electron chi connectivity index (χ1n) is 14.3. The first-order valence-corrected chi connectivity index (χ1v) is 20.5. The van der Waals surface area contributed by atoms with Crippen molar-refractivity contribution in [3.05, 3.63) is 119 Å². The molecule has 0 unspecified atom stereocenters. The zero-order valence-corrected chi connectivity index (χ0v) is 27.6. The van der Waals surface area contributed by atoms with Gasteiger partial charge < -0.3 is 23.8 Å². The summed E-state index contributed by atoms with van der Waals surface area (Å²) in [6, 6.07) is 27.1. The standard InChI is InChI=1S/C34H36N2O7Si2/c1-44(2,23-41-33(39)25-13-17-29(18-14-25)35-21-27-9-5-7-11-31(27)37)43-45(3,4)24-42-34(40)26-15-19-30(20-16-26)36-22-28-10-6-8-12-32(28)38/h5-22,37-38H,23-24H2,1-4H3. The molecule has 232 valence electrons. The maximum atomic E-state index is 12.7. The number of phenolic OH excluding ortho intramolecular Hbond substituents is 2. The van der Waals surface area contributed by atoms with Gasteiger partial charge in [0.15, 0.2) is 0 Å². The second-order valence-electron chi connectivity index (χ2n) is 11.5. The van der Waals surface area contributed by atoms with Crippen LogP contribution in [0.3, 0.4) is 0 Å². The average molecular weight is 641 g/mol. The van der Waals surface area contributed by atoms with Crippen LogP contribution >= 0.6 is 0 Å². The topological polar surface area (TPSA) is 127 Å². The molecule has 0 aliphatic carbocycles. The number of benzene rings is 4. The number of hydrogen-bond donors (Lipinski definition) is 2. The van der Waals surface area contributed by atoms with Gasteiger partial charge in [-0.1, -0.05) is 24.3 Å². The summed E-state index contributed by atoms with van der Waals surface area (Å²) in [6.07, 6.45) is 3.41. The largest absolute Gasteiger partial charge is 0.507 e. The Morgan fingerprint density at radius 1 is 0.600 bits per heavy atom. The van der Waals surface area contributed by atoms with E-state index in [4.69, 9.17) is 13.6 Å². The first kappa shape index (κ1) is 33.1. The van der Waals surface area contributed by atoms with Crippen LogP contribution in [0.5, 0.6) is 11.5 Å². The molecule has 9 nitrogen and oxygen atoms in total. The van der Waals surface area contributed by atoms with Gasteiger partial charge in [0.2, 0.25) is 16.6 Å². The van der Waals surface area contributed by atoms with Gasteiger partial charge in [0.1, 0.15) is 24.0 Å². The molecule has 11 heteroatoms. The molecule has 0 saturated carbocycles. The lowest BCUT2D eigenvalue weighted by Gasteiger charge is -2.33. The monoisotopic (exact) mass is 640 g/mol. The Kier molecular flexibility index (Phi) is 10.8. The van der Waals surface area contributed by atoms with E-state index in [2.05, 4.69) is 9.98 Å². The second-order valence-corrected chi connectivity index (χ2v) is 19.9. The Morgan fingerprint density at radius 2 is 0.956 bits per heavy atom. The van der Waals surface area contributed by atoms with Gasteiger partial charge in [-0.25, -0.2) is 9.59 Å². The third-order valence-electron chi connectivity index (χ3n) is 6.44. The lowest BCUT2D eigenvalue weighted by molar-refractivity contribution is 0.0549. The fraction of sp³-hybridized carbons (Fsp3) is 0.176. The van der Waals surface area contributed by atoms with Crippen LogP contribution in [0.4, 0.5) is 11.4 Å². The highest BCUT2D eigenvalue weighted by Crippen LogP contribution is 2.21. The van der Waals surface area contributed by atoms with Crippen LogP contribution in [-0.4, -0.2) is 63.7 Å². The van der Waals surface area contributed by atoms with Gasteiger partial charge in [0.05, 0.1) is 22.5 Å². The summed E-state index contributed by atoms with van der Waals surface area (Å²) in [6.45, 7) is 7.84. The summed E-state index contributed by atoms with van der Waals surface area (Å²) in [5.41, 5.74) is 3.23. The number of aliphatic imine (C=N–C) groups is 2. The van der Waals surface area contributed by atoms with Crippen LogP contribution in [0, 0.1) is 0 Å². The molecule has 0 spiro atoms. The molecule has 0 aromatic heterocycles. The predicted octanol–water partition coefficient (Wildman–Crippen LogP) is 7.12. The van der Waals surface area contributed by atoms with Gasteiger partial charge in [-0.15, -0.1) is 0 Å². The number of para-hydroxylation sites is 2. The molecule has 0 heterocycles. The lowest BCUT2D eigenvalue weighted by Crippen LogP contribution is -2.51. The van der Waals surface area contributed by atoms with E-state index < -0.39 is 28.6 Å². The third kappa shape index (κ3) is 10.1. The van der Waals surface area contributed by atoms with Crippen LogP contribution in [0.1, 0.15) is 31.8 Å². The number of carbonyl (C=O) groups is 2. The zero-order valence-electron chi connectivity index (χ0n) is 25.6. The first-order chi connectivity index (χ1) is 21.4. The summed E-state index contributed by atoms with van der Waals surface area (Å²) in [7, 11) is -4.91. The number of phenols is 2. The highest BCUT2D eigenvalue weighted by atomic mass is 28.4. The maximum Gasteiger partial charge on any atom is 0.337 e. The van der Waals surface area contributed by atoms with E-state index in [0.717, 1.165) is 0 Å². The van der Waals surface area contributed by atoms with Crippen LogP contribution in [0.25, 0.3) is 0 Å². The number of nitrogens with zero attached hydrogens (tertiary/aromatic N) is 2. The van der Waals surface area contributed by atoms with Gasteiger partial charge in [0, 0.05) is 23.6 Å². The Labute approximate surface area is 264 Å². The highest BCUT2D eigenvalue weighted by Gasteiger charge is 2.36. The van der Waals surface area contributed by atoms with Gasteiger partial charge in [0.25, 0.3) is 0 Å². The molecule has 0 saturated heterocycles. The molecule has 0 radical (unpaired) electrons. The lowest BCUT2D eigenvalue weighted by atomic mass is 10.2. The van der Waals surface area contributed by atoms with Gasteiger partial charge in [-0.2, -0.15) is 0 Å². The third-order valence-corrected chi connectivity index (χ3v) is 12.5. The normalized spacial score (nSPS) is 12.0. The molecule has 0 fully saturated rings. The molecule has 0 bridgehead atoms. The minimum Gasteiger partial charge on any atom is -0.507 e. The molecule has 0 aliphatic rings. The molecular formula is C34H36N2O7Si2. The van der Waals surface area contributed by atoms with Gasteiger partial charge >= 0.3 is 11.9 Å². The van der Waals surface area contributed by atoms with Crippen molar-refractivity contribution in [1.29, 1.82) is 0 Å². The van der Waals surface area contributed by atoms with Crippen molar-refractivity contribution < 1.29 is 33.4 Å². The van der Waals surface area contributed by atoms with Crippen LogP contribution in [0.15, 0.2) is 107 Å². The van der Waals surface area contributed by atoms with Crippen molar-refractivity contribution in [3.8, 4) is 11.5 Å². The van der Waals surface area contributed by atoms with Crippen molar-refractivity contribution in [3.63, 3.8) is 0 Å². The van der Waals surface area contributed by atoms with Crippen LogP contribution < -0.4 is 0 Å². The number of hydrogen-bond acceptors (Lipinski definition) is 9. The highest BCUT2D eigenvalue weighted by molar-refractivity contribution is 6.84. The quantitative estimate of drug-likeness (QED) is 0.0959. The number of ether oxygens (including phenoxy) is 2. The molecule has 0 aliphatic heterocycles. The van der Waals surface area contributed by atoms with E-state index in [1.54, 1.807) is 97.4 Å². The van der Waals surface area contributed by atoms with E-state index >= 15 is 0 Å². The van der Waals surface area contributed by atoms with Gasteiger partial charge in [-0.3, -0.25) is 9.98 Å². The smallest absolute Gasteiger partial charge is 0.337 e. The van der Waals surface area contributed by atoms with E-state index in [9.17, 15) is 19.8 Å². The molecule has 4 aromatic carbocycles. The molecule has 4 aromatic rings. The van der Waals surface area contributed by atoms with Crippen molar-refractivity contribution in [1.82, 2.24) is 0 Å². The summed E-state index contributed by atoms with van der Waals surface area (Å²) >= 11 is 0. The predicted molar refractivity (Wildman–Crippen MR) is 180 cm³/mol. The minimum absolute atomic E-state index is 0.138. The summed E-state index contributed by atoms with van der Waals surface area (Å²) < 4.78 is 17.6. The number of rotatable bonds is 12. The van der Waals surface area contributed by atoms with Crippen molar-refractivity contribution in [2.75, 3.05) is 12.5 Å². The van der Waals surface area contributed by atoms with Crippen LogP contribution in [-0.2, 0) is 13.6 Å². The molecule has 0 amide bonds. The number of esters is 2. The van der Waals surface area contributed by atoms with Crippen molar-refractivity contribution in [2.45, 2.75) is 26.2 Å². The van der Waals surface area contributed by atoms with E-state index in [-0.39, 0.29) is 24.0 Å². The molecule has 2 N–H and O–H groups in total. The number of carbonyl (C=O) groups excluding carboxylic acids is 2.